The monoisotopic (exact) mass is 1050 g/mol. The largest absolute Gasteiger partial charge is 0.481 e. The molecule has 0 spiro atoms. The molecule has 2 fully saturated rings. The molecule has 2 unspecified atom stereocenters. The minimum Gasteiger partial charge on any atom is -0.481 e. The quantitative estimate of drug-likeness (QED) is 0.0252. The van der Waals surface area contributed by atoms with E-state index in [1.807, 2.05) is 32.9 Å². The summed E-state index contributed by atoms with van der Waals surface area (Å²) in [6, 6.07) is 9.11. The van der Waals surface area contributed by atoms with Crippen molar-refractivity contribution in [3.8, 4) is 0 Å². The van der Waals surface area contributed by atoms with Crippen LogP contribution in [-0.2, 0) is 41.8 Å². The van der Waals surface area contributed by atoms with Gasteiger partial charge >= 0.3 is 18.0 Å². The molecule has 16 heteroatoms. The van der Waals surface area contributed by atoms with E-state index < -0.39 is 66.5 Å². The zero-order chi connectivity index (χ0) is 53.2. The molecule has 0 aromatic rings. The Morgan fingerprint density at radius 2 is 1.56 bits per heavy atom. The standard InChI is InChI=1S/C55H102N2O11Si3/c1-17-46(67-70(21-5,22-6)23-7)43(13)52-47(63-52)39-54(14,68-71(24-8,25-9)26-10)34-27-28-41(11)51-42(12)29-31-48(64-53(61)57-37-36-56-44(40-57)30-32-49(58)59)55(15,62-16)35-33-45(38-50(60)65-51)66-69(18-2,19-3)20-4/h27-29,31,34,42-48,51-52,56H,17-26,30,32-33,35-40H2,1-16H3,(H,58,59)/b31-29+,34-27+,41-28+/t42-,43+,44?,45+,46-,47+,48-,51+,52+,54?,55+/m0/s1. The zero-order valence-electron chi connectivity index (χ0n) is 47.5. The van der Waals surface area contributed by atoms with Crippen LogP contribution in [0.3, 0.4) is 0 Å². The summed E-state index contributed by atoms with van der Waals surface area (Å²) >= 11 is 0. The van der Waals surface area contributed by atoms with Crippen LogP contribution in [0.1, 0.15) is 149 Å². The minimum absolute atomic E-state index is 0.0123. The number of aliphatic carboxylic acids is 1. The molecule has 0 aliphatic carbocycles. The Morgan fingerprint density at radius 3 is 2.11 bits per heavy atom. The second-order valence-corrected chi connectivity index (χ2v) is 35.8. The molecule has 410 valence electrons. The Kier molecular flexibility index (Phi) is 26.0. The number of epoxide rings is 1. The van der Waals surface area contributed by atoms with Crippen molar-refractivity contribution in [1.29, 1.82) is 0 Å². The number of hydrogen-bond donors (Lipinski definition) is 2. The van der Waals surface area contributed by atoms with Crippen LogP contribution >= 0.6 is 0 Å². The summed E-state index contributed by atoms with van der Waals surface area (Å²) in [5, 5.41) is 12.7. The molecule has 3 aliphatic rings. The fourth-order valence-corrected chi connectivity index (χ4v) is 20.2. The average Bonchev–Trinajstić information content (AvgIpc) is 4.14. The van der Waals surface area contributed by atoms with E-state index in [0.717, 1.165) is 72.8 Å². The summed E-state index contributed by atoms with van der Waals surface area (Å²) in [5.41, 5.74) is -0.669. The number of nitrogens with zero attached hydrogens (tertiary/aromatic N) is 1. The molecule has 0 saturated carbocycles. The van der Waals surface area contributed by atoms with E-state index in [-0.39, 0.29) is 55.0 Å². The SMILES string of the molecule is CC[C@H](O[Si](CC)(CC)CC)[C@@H](C)[C@H]1O[C@@H]1CC(C)(/C=C/C=C(\C)[C@H]1OC(=O)C[C@H](O[Si](CC)(CC)CC)CC[C@@](C)(OC)[C@@H](OC(=O)N2CCNC(CCC(=O)O)C2)/C=C/[C@@H]1C)O[Si](CC)(CC)CC. The normalized spacial score (nSPS) is 28.6. The number of allylic oxidation sites excluding steroid dienone is 2. The van der Waals surface area contributed by atoms with E-state index in [0.29, 0.717) is 38.9 Å². The first-order chi connectivity index (χ1) is 33.6. The Balaban J connectivity index is 2.04. The summed E-state index contributed by atoms with van der Waals surface area (Å²) in [5.74, 6) is -1.21. The highest BCUT2D eigenvalue weighted by atomic mass is 28.4. The van der Waals surface area contributed by atoms with Crippen molar-refractivity contribution < 1.29 is 51.7 Å². The van der Waals surface area contributed by atoms with Crippen LogP contribution < -0.4 is 5.32 Å². The van der Waals surface area contributed by atoms with Gasteiger partial charge in [0.05, 0.1) is 30.3 Å². The van der Waals surface area contributed by atoms with Gasteiger partial charge < -0.3 is 47.5 Å². The van der Waals surface area contributed by atoms with Gasteiger partial charge in [-0.15, -0.1) is 0 Å². The lowest BCUT2D eigenvalue weighted by atomic mass is 9.88. The summed E-state index contributed by atoms with van der Waals surface area (Å²) in [7, 11) is -4.39. The van der Waals surface area contributed by atoms with Crippen molar-refractivity contribution in [3.05, 3.63) is 36.0 Å². The van der Waals surface area contributed by atoms with Crippen molar-refractivity contribution in [3.63, 3.8) is 0 Å². The molecule has 0 aromatic heterocycles. The van der Waals surface area contributed by atoms with Crippen molar-refractivity contribution in [2.45, 2.75) is 257 Å². The zero-order valence-corrected chi connectivity index (χ0v) is 50.5. The van der Waals surface area contributed by atoms with Gasteiger partial charge in [-0.1, -0.05) is 107 Å². The number of methoxy groups -OCH3 is 1. The number of carbonyl (C=O) groups excluding carboxylic acids is 2. The molecule has 2 N–H and O–H groups in total. The molecular weight excluding hydrogens is 949 g/mol. The van der Waals surface area contributed by atoms with Crippen LogP contribution in [0.15, 0.2) is 36.0 Å². The lowest BCUT2D eigenvalue weighted by Gasteiger charge is -2.40. The van der Waals surface area contributed by atoms with E-state index in [2.05, 4.69) is 107 Å². The Bertz CT molecular complexity index is 1710. The molecule has 0 bridgehead atoms. The molecule has 3 heterocycles. The fraction of sp³-hybridized carbons (Fsp3) is 0.836. The molecule has 0 aromatic carbocycles. The maximum Gasteiger partial charge on any atom is 0.410 e. The molecule has 13 nitrogen and oxygen atoms in total. The molecule has 0 radical (unpaired) electrons. The molecular formula is C55H102N2O11Si3. The first-order valence-electron chi connectivity index (χ1n) is 28.0. The maximum absolute atomic E-state index is 14.2. The van der Waals surface area contributed by atoms with Gasteiger partial charge in [0.2, 0.25) is 0 Å². The lowest BCUT2D eigenvalue weighted by Crippen LogP contribution is -2.54. The molecule has 3 rings (SSSR count). The first kappa shape index (κ1) is 63.1. The minimum atomic E-state index is -2.16. The number of hydrogen-bond acceptors (Lipinski definition) is 11. The maximum atomic E-state index is 14.2. The number of nitrogens with one attached hydrogen (secondary N) is 1. The van der Waals surface area contributed by atoms with E-state index in [1.165, 1.54) is 0 Å². The van der Waals surface area contributed by atoms with Gasteiger partial charge in [0.1, 0.15) is 11.7 Å². The van der Waals surface area contributed by atoms with E-state index in [4.69, 9.17) is 32.2 Å². The van der Waals surface area contributed by atoms with Gasteiger partial charge in [0.25, 0.3) is 0 Å². The second-order valence-electron chi connectivity index (χ2n) is 21.7. The third kappa shape index (κ3) is 18.0. The van der Waals surface area contributed by atoms with Crippen molar-refractivity contribution in [2.24, 2.45) is 11.8 Å². The fourth-order valence-electron chi connectivity index (χ4n) is 11.1. The van der Waals surface area contributed by atoms with E-state index >= 15 is 0 Å². The number of carboxylic acid groups (broad SMARTS) is 1. The number of carboxylic acids is 1. The first-order valence-corrected chi connectivity index (χ1v) is 35.6. The summed E-state index contributed by atoms with van der Waals surface area (Å²) in [4.78, 5) is 41.2. The molecule has 3 aliphatic heterocycles. The number of esters is 1. The third-order valence-corrected chi connectivity index (χ3v) is 31.4. The van der Waals surface area contributed by atoms with Crippen molar-refractivity contribution in [1.82, 2.24) is 10.2 Å². The number of carbonyl (C=O) groups is 3. The van der Waals surface area contributed by atoms with Gasteiger partial charge in [-0.25, -0.2) is 4.79 Å². The molecule has 1 amide bonds. The molecule has 71 heavy (non-hydrogen) atoms. The number of piperazine rings is 1. The predicted octanol–water partition coefficient (Wildman–Crippen LogP) is 12.6. The Labute approximate surface area is 434 Å². The van der Waals surface area contributed by atoms with Gasteiger partial charge in [0, 0.05) is 63.6 Å². The van der Waals surface area contributed by atoms with Crippen LogP contribution in [-0.4, -0.2) is 134 Å². The summed E-state index contributed by atoms with van der Waals surface area (Å²) in [6.45, 7) is 34.3. The van der Waals surface area contributed by atoms with Gasteiger partial charge in [-0.3, -0.25) is 9.59 Å². The number of rotatable bonds is 28. The average molecular weight is 1050 g/mol. The topological polar surface area (TPSA) is 155 Å². The highest BCUT2D eigenvalue weighted by Gasteiger charge is 2.51. The highest BCUT2D eigenvalue weighted by molar-refractivity contribution is 6.74. The molecule has 11 atom stereocenters. The predicted molar refractivity (Wildman–Crippen MR) is 294 cm³/mol. The summed E-state index contributed by atoms with van der Waals surface area (Å²) < 4.78 is 47.2. The van der Waals surface area contributed by atoms with Crippen molar-refractivity contribution in [2.75, 3.05) is 26.7 Å². The van der Waals surface area contributed by atoms with E-state index in [1.54, 1.807) is 12.0 Å². The van der Waals surface area contributed by atoms with Crippen LogP contribution in [0.25, 0.3) is 0 Å². The highest BCUT2D eigenvalue weighted by Crippen LogP contribution is 2.43. The Morgan fingerprint density at radius 1 is 0.958 bits per heavy atom. The smallest absolute Gasteiger partial charge is 0.410 e. The number of cyclic esters (lactones) is 1. The van der Waals surface area contributed by atoms with Gasteiger partial charge in [-0.2, -0.15) is 0 Å². The second kappa shape index (κ2) is 29.2. The third-order valence-electron chi connectivity index (χ3n) is 17.3. The van der Waals surface area contributed by atoms with Crippen LogP contribution in [0.2, 0.25) is 54.4 Å². The molecule has 2 saturated heterocycles. The van der Waals surface area contributed by atoms with Crippen LogP contribution in [0.5, 0.6) is 0 Å². The summed E-state index contributed by atoms with van der Waals surface area (Å²) in [6.07, 6.45) is 11.4. The van der Waals surface area contributed by atoms with Crippen LogP contribution in [0.4, 0.5) is 4.79 Å². The Hall–Kier alpha value is -2.16. The van der Waals surface area contributed by atoms with Gasteiger partial charge in [-0.05, 0) is 113 Å². The number of amides is 1. The van der Waals surface area contributed by atoms with Crippen molar-refractivity contribution >= 4 is 43.0 Å². The number of ether oxygens (including phenoxy) is 4. The van der Waals surface area contributed by atoms with Gasteiger partial charge in [0.15, 0.2) is 31.1 Å². The van der Waals surface area contributed by atoms with Crippen LogP contribution in [0, 0.1) is 11.8 Å². The van der Waals surface area contributed by atoms with E-state index in [9.17, 15) is 19.5 Å². The lowest BCUT2D eigenvalue weighted by molar-refractivity contribution is -0.151.